The number of carbonyl (C=O) groups excluding carboxylic acids is 3. The highest BCUT2D eigenvalue weighted by atomic mass is 16.6. The number of esters is 1. The summed E-state index contributed by atoms with van der Waals surface area (Å²) in [7, 11) is 1.78. The van der Waals surface area contributed by atoms with Crippen molar-refractivity contribution in [2.75, 3.05) is 32.0 Å². The fourth-order valence-corrected chi connectivity index (χ4v) is 2.66. The summed E-state index contributed by atoms with van der Waals surface area (Å²) in [5.41, 5.74) is 6.02. The molecule has 6 N–H and O–H groups in total. The Balaban J connectivity index is 2.59. The predicted octanol–water partition coefficient (Wildman–Crippen LogP) is 0.746. The number of para-hydroxylation sites is 1. The second-order valence-electron chi connectivity index (χ2n) is 8.18. The molecule has 0 bridgehead atoms. The molecular weight excluding hydrogens is 412 g/mol. The molecule has 1 unspecified atom stereocenters. The van der Waals surface area contributed by atoms with Gasteiger partial charge in [0.25, 0.3) is 0 Å². The molecule has 1 aromatic rings. The third-order valence-corrected chi connectivity index (χ3v) is 4.03. The van der Waals surface area contributed by atoms with Crippen molar-refractivity contribution >= 4 is 29.4 Å². The Labute approximate surface area is 189 Å². The van der Waals surface area contributed by atoms with E-state index in [4.69, 9.17) is 10.5 Å². The predicted molar refractivity (Wildman–Crippen MR) is 125 cm³/mol. The number of hydrogen-bond donors (Lipinski definition) is 5. The van der Waals surface area contributed by atoms with E-state index in [0.717, 1.165) is 5.69 Å². The number of nitrogens with two attached hydrogens (primary N) is 1. The zero-order valence-electron chi connectivity index (χ0n) is 19.4. The summed E-state index contributed by atoms with van der Waals surface area (Å²) in [6, 6.07) is 8.61. The molecule has 0 aliphatic heterocycles. The molecule has 0 aliphatic carbocycles. The lowest BCUT2D eigenvalue weighted by Crippen LogP contribution is -2.48. The maximum absolute atomic E-state index is 12.5. The number of benzene rings is 1. The zero-order valence-corrected chi connectivity index (χ0v) is 19.4. The molecule has 0 spiro atoms. The van der Waals surface area contributed by atoms with Crippen molar-refractivity contribution in [2.45, 2.75) is 51.7 Å². The number of carbonyl (C=O) groups is 3. The molecule has 178 valence electrons. The van der Waals surface area contributed by atoms with Crippen LogP contribution in [-0.2, 0) is 19.1 Å². The number of guanidine groups is 1. The van der Waals surface area contributed by atoms with Gasteiger partial charge in [-0.3, -0.25) is 19.4 Å². The van der Waals surface area contributed by atoms with Crippen LogP contribution in [0.4, 0.5) is 5.69 Å². The Kier molecular flexibility index (Phi) is 11.8. The second kappa shape index (κ2) is 14.0. The smallest absolute Gasteiger partial charge is 0.315 e. The van der Waals surface area contributed by atoms with Crippen LogP contribution in [0.15, 0.2) is 35.3 Å². The minimum atomic E-state index is -0.791. The highest BCUT2D eigenvalue weighted by molar-refractivity contribution is 5.96. The lowest BCUT2D eigenvalue weighted by molar-refractivity contribution is -0.156. The van der Waals surface area contributed by atoms with Crippen molar-refractivity contribution in [1.29, 1.82) is 0 Å². The van der Waals surface area contributed by atoms with Crippen LogP contribution in [0.2, 0.25) is 0 Å². The first-order chi connectivity index (χ1) is 15.1. The van der Waals surface area contributed by atoms with Gasteiger partial charge in [0, 0.05) is 25.3 Å². The molecule has 0 saturated heterocycles. The van der Waals surface area contributed by atoms with E-state index < -0.39 is 29.9 Å². The van der Waals surface area contributed by atoms with E-state index in [1.54, 1.807) is 27.8 Å². The van der Waals surface area contributed by atoms with Gasteiger partial charge in [-0.1, -0.05) is 18.2 Å². The van der Waals surface area contributed by atoms with Crippen LogP contribution in [0.3, 0.4) is 0 Å². The maximum Gasteiger partial charge on any atom is 0.315 e. The van der Waals surface area contributed by atoms with Crippen LogP contribution in [0, 0.1) is 0 Å². The summed E-state index contributed by atoms with van der Waals surface area (Å²) in [5.74, 6) is -1.27. The Hall–Kier alpha value is -3.14. The van der Waals surface area contributed by atoms with Crippen molar-refractivity contribution in [3.63, 3.8) is 0 Å². The first-order valence-corrected chi connectivity index (χ1v) is 10.7. The van der Waals surface area contributed by atoms with Gasteiger partial charge >= 0.3 is 5.97 Å². The number of amides is 2. The Morgan fingerprint density at radius 2 is 1.81 bits per heavy atom. The molecule has 0 aromatic heterocycles. The Morgan fingerprint density at radius 1 is 1.12 bits per heavy atom. The van der Waals surface area contributed by atoms with Crippen molar-refractivity contribution in [3.05, 3.63) is 30.3 Å². The highest BCUT2D eigenvalue weighted by Crippen LogP contribution is 2.09. The number of nitrogens with zero attached hydrogens (tertiary/aromatic N) is 1. The van der Waals surface area contributed by atoms with E-state index in [0.29, 0.717) is 32.5 Å². The van der Waals surface area contributed by atoms with E-state index in [1.165, 1.54) is 0 Å². The topological polar surface area (TPSA) is 147 Å². The maximum atomic E-state index is 12.5. The van der Waals surface area contributed by atoms with Crippen LogP contribution < -0.4 is 27.0 Å². The Bertz CT molecular complexity index is 761. The van der Waals surface area contributed by atoms with Gasteiger partial charge in [-0.05, 0) is 52.8 Å². The van der Waals surface area contributed by atoms with Crippen molar-refractivity contribution in [3.8, 4) is 0 Å². The number of likely N-dealkylation sites (N-methyl/N-ethyl adjacent to an activating group) is 1. The first kappa shape index (κ1) is 26.9. The molecule has 0 aliphatic rings. The molecule has 0 radical (unpaired) electrons. The Morgan fingerprint density at radius 3 is 2.44 bits per heavy atom. The van der Waals surface area contributed by atoms with Gasteiger partial charge in [0.15, 0.2) is 5.96 Å². The van der Waals surface area contributed by atoms with Gasteiger partial charge in [0.05, 0.1) is 0 Å². The number of nitrogens with one attached hydrogen (secondary N) is 4. The van der Waals surface area contributed by atoms with Crippen LogP contribution in [0.5, 0.6) is 0 Å². The summed E-state index contributed by atoms with van der Waals surface area (Å²) < 4.78 is 5.16. The van der Waals surface area contributed by atoms with Gasteiger partial charge < -0.3 is 31.7 Å². The van der Waals surface area contributed by atoms with E-state index >= 15 is 0 Å². The summed E-state index contributed by atoms with van der Waals surface area (Å²) in [6.45, 7) is 6.54. The highest BCUT2D eigenvalue weighted by Gasteiger charge is 2.23. The SMILES string of the molecule is CNCCNC(=O)C(CCCN=C(N)Nc1ccccc1)NC(=O)CC(=O)OC(C)(C)C. The monoisotopic (exact) mass is 448 g/mol. The van der Waals surface area contributed by atoms with Gasteiger partial charge in [-0.25, -0.2) is 0 Å². The number of aliphatic imine (C=N–C) groups is 1. The minimum absolute atomic E-state index is 0.264. The number of rotatable bonds is 12. The molecule has 0 heterocycles. The number of ether oxygens (including phenoxy) is 1. The van der Waals surface area contributed by atoms with Crippen LogP contribution in [0.25, 0.3) is 0 Å². The molecule has 2 amide bonds. The number of hydrogen-bond acceptors (Lipinski definition) is 6. The molecule has 10 nitrogen and oxygen atoms in total. The van der Waals surface area contributed by atoms with E-state index in [2.05, 4.69) is 26.3 Å². The molecule has 1 atom stereocenters. The van der Waals surface area contributed by atoms with Crippen molar-refractivity contribution in [1.82, 2.24) is 16.0 Å². The second-order valence-corrected chi connectivity index (χ2v) is 8.18. The van der Waals surface area contributed by atoms with Gasteiger partial charge in [0.1, 0.15) is 18.1 Å². The van der Waals surface area contributed by atoms with E-state index in [-0.39, 0.29) is 11.9 Å². The third-order valence-electron chi connectivity index (χ3n) is 4.03. The van der Waals surface area contributed by atoms with E-state index in [1.807, 2.05) is 30.3 Å². The van der Waals surface area contributed by atoms with Gasteiger partial charge in [0.2, 0.25) is 11.8 Å². The molecule has 32 heavy (non-hydrogen) atoms. The molecule has 0 saturated carbocycles. The summed E-state index contributed by atoms with van der Waals surface area (Å²) in [5, 5.41) is 11.3. The zero-order chi connectivity index (χ0) is 24.0. The summed E-state index contributed by atoms with van der Waals surface area (Å²) >= 11 is 0. The minimum Gasteiger partial charge on any atom is -0.460 e. The van der Waals surface area contributed by atoms with Gasteiger partial charge in [-0.15, -0.1) is 0 Å². The normalized spacial score (nSPS) is 12.6. The van der Waals surface area contributed by atoms with E-state index in [9.17, 15) is 14.4 Å². The first-order valence-electron chi connectivity index (χ1n) is 10.7. The lowest BCUT2D eigenvalue weighted by Gasteiger charge is -2.21. The molecular formula is C22H36N6O4. The summed E-state index contributed by atoms with van der Waals surface area (Å²) in [6.07, 6.45) is 0.394. The molecule has 0 fully saturated rings. The number of anilines is 1. The molecule has 1 aromatic carbocycles. The lowest BCUT2D eigenvalue weighted by atomic mass is 10.1. The third kappa shape index (κ3) is 12.5. The average molecular weight is 449 g/mol. The fraction of sp³-hybridized carbons (Fsp3) is 0.545. The fourth-order valence-electron chi connectivity index (χ4n) is 2.66. The largest absolute Gasteiger partial charge is 0.460 e. The summed E-state index contributed by atoms with van der Waals surface area (Å²) in [4.78, 5) is 40.9. The van der Waals surface area contributed by atoms with Crippen LogP contribution in [-0.4, -0.2) is 62.1 Å². The van der Waals surface area contributed by atoms with Gasteiger partial charge in [-0.2, -0.15) is 0 Å². The average Bonchev–Trinajstić information content (AvgIpc) is 2.69. The van der Waals surface area contributed by atoms with Crippen LogP contribution in [0.1, 0.15) is 40.0 Å². The van der Waals surface area contributed by atoms with Crippen molar-refractivity contribution < 1.29 is 19.1 Å². The standard InChI is InChI=1S/C22H36N6O4/c1-22(2,3)32-19(30)15-18(29)28-17(20(31)25-14-13-24-4)11-8-12-26-21(23)27-16-9-6-5-7-10-16/h5-7,9-10,17,24H,8,11-15H2,1-4H3,(H,25,31)(H,28,29)(H3,23,26,27). The van der Waals surface area contributed by atoms with Crippen LogP contribution >= 0.6 is 0 Å². The molecule has 10 heteroatoms. The molecule has 1 rings (SSSR count). The quantitative estimate of drug-likeness (QED) is 0.104. The van der Waals surface area contributed by atoms with Crippen molar-refractivity contribution in [2.24, 2.45) is 10.7 Å².